The molecule has 0 radical (unpaired) electrons. The zero-order chi connectivity index (χ0) is 12.0. The van der Waals surface area contributed by atoms with Crippen LogP contribution in [0.2, 0.25) is 0 Å². The highest BCUT2D eigenvalue weighted by molar-refractivity contribution is 7.89. The summed E-state index contributed by atoms with van der Waals surface area (Å²) in [6.45, 7) is 4.53. The molecule has 0 aromatic carbocycles. The maximum absolute atomic E-state index is 11.3. The van der Waals surface area contributed by atoms with Crippen LogP contribution in [0, 0.1) is 0 Å². The predicted molar refractivity (Wildman–Crippen MR) is 63.8 cm³/mol. The molecule has 1 saturated heterocycles. The third kappa shape index (κ3) is 5.25. The van der Waals surface area contributed by atoms with Crippen LogP contribution in [0.25, 0.3) is 0 Å². The second-order valence-corrected chi connectivity index (χ2v) is 6.26. The first-order valence-electron chi connectivity index (χ1n) is 5.91. The molecule has 0 spiro atoms. The molecule has 2 N–H and O–H groups in total. The van der Waals surface area contributed by atoms with E-state index in [1.165, 1.54) is 12.8 Å². The molecule has 0 aliphatic carbocycles. The molecule has 5 nitrogen and oxygen atoms in total. The van der Waals surface area contributed by atoms with Gasteiger partial charge in [0.05, 0.1) is 11.9 Å². The molecule has 6 heteroatoms. The van der Waals surface area contributed by atoms with Crippen molar-refractivity contribution in [1.29, 1.82) is 0 Å². The molecule has 0 saturated carbocycles. The highest BCUT2D eigenvalue weighted by Crippen LogP contribution is 2.07. The lowest BCUT2D eigenvalue weighted by Crippen LogP contribution is -2.39. The van der Waals surface area contributed by atoms with E-state index < -0.39 is 16.1 Å². The molecule has 1 atom stereocenters. The smallest absolute Gasteiger partial charge is 0.211 e. The average molecular weight is 250 g/mol. The maximum atomic E-state index is 11.3. The first-order valence-corrected chi connectivity index (χ1v) is 7.56. The normalized spacial score (nSPS) is 20.1. The van der Waals surface area contributed by atoms with E-state index in [1.807, 2.05) is 6.92 Å². The van der Waals surface area contributed by atoms with E-state index in [2.05, 4.69) is 9.62 Å². The monoisotopic (exact) mass is 250 g/mol. The highest BCUT2D eigenvalue weighted by Gasteiger charge is 2.17. The molecular formula is C10H22N2O3S. The van der Waals surface area contributed by atoms with Crippen molar-refractivity contribution in [1.82, 2.24) is 9.62 Å². The van der Waals surface area contributed by atoms with E-state index in [4.69, 9.17) is 0 Å². The zero-order valence-corrected chi connectivity index (χ0v) is 10.7. The van der Waals surface area contributed by atoms with Gasteiger partial charge < -0.3 is 10.0 Å². The van der Waals surface area contributed by atoms with Gasteiger partial charge in [-0.2, -0.15) is 0 Å². The molecule has 0 aromatic rings. The first kappa shape index (κ1) is 13.9. The summed E-state index contributed by atoms with van der Waals surface area (Å²) in [5.41, 5.74) is 0. The van der Waals surface area contributed by atoms with Crippen molar-refractivity contribution in [3.05, 3.63) is 0 Å². The number of hydrogen-bond donors (Lipinski definition) is 2. The minimum absolute atomic E-state index is 0.124. The predicted octanol–water partition coefficient (Wildman–Crippen LogP) is -0.227. The number of nitrogens with one attached hydrogen (secondary N) is 1. The van der Waals surface area contributed by atoms with Crippen LogP contribution in [0.4, 0.5) is 0 Å². The lowest BCUT2D eigenvalue weighted by molar-refractivity contribution is 0.128. The van der Waals surface area contributed by atoms with Crippen LogP contribution < -0.4 is 4.72 Å². The molecule has 1 rings (SSSR count). The summed E-state index contributed by atoms with van der Waals surface area (Å²) in [5, 5.41) is 9.67. The van der Waals surface area contributed by atoms with Crippen molar-refractivity contribution < 1.29 is 13.5 Å². The van der Waals surface area contributed by atoms with E-state index in [0.717, 1.165) is 13.1 Å². The van der Waals surface area contributed by atoms with Gasteiger partial charge in [0, 0.05) is 13.1 Å². The zero-order valence-electron chi connectivity index (χ0n) is 9.85. The van der Waals surface area contributed by atoms with Crippen LogP contribution in [0.15, 0.2) is 0 Å². The van der Waals surface area contributed by atoms with Crippen LogP contribution in [0.1, 0.15) is 26.2 Å². The Hall–Kier alpha value is -0.170. The van der Waals surface area contributed by atoms with Gasteiger partial charge in [-0.3, -0.25) is 0 Å². The second kappa shape index (κ2) is 6.54. The minimum atomic E-state index is -3.19. The molecule has 96 valence electrons. The highest BCUT2D eigenvalue weighted by atomic mass is 32.2. The number of aliphatic hydroxyl groups is 1. The Bertz CT molecular complexity index is 286. The third-order valence-electron chi connectivity index (χ3n) is 2.68. The molecular weight excluding hydrogens is 228 g/mol. The SMILES string of the molecule is CCCS(=O)(=O)NC[C@@H](O)CN1CCCC1. The summed E-state index contributed by atoms with van der Waals surface area (Å²) in [4.78, 5) is 2.17. The van der Waals surface area contributed by atoms with Crippen LogP contribution in [0.3, 0.4) is 0 Å². The van der Waals surface area contributed by atoms with Gasteiger partial charge in [0.15, 0.2) is 0 Å². The molecule has 0 aromatic heterocycles. The molecule has 0 unspecified atom stereocenters. The fourth-order valence-corrected chi connectivity index (χ4v) is 3.02. The Morgan fingerprint density at radius 3 is 2.56 bits per heavy atom. The van der Waals surface area contributed by atoms with Gasteiger partial charge in [-0.15, -0.1) is 0 Å². The number of sulfonamides is 1. The van der Waals surface area contributed by atoms with Gasteiger partial charge in [0.1, 0.15) is 0 Å². The van der Waals surface area contributed by atoms with Crippen LogP contribution in [-0.2, 0) is 10.0 Å². The fraction of sp³-hybridized carbons (Fsp3) is 1.00. The van der Waals surface area contributed by atoms with E-state index in [9.17, 15) is 13.5 Å². The molecule has 1 fully saturated rings. The topological polar surface area (TPSA) is 69.6 Å². The summed E-state index contributed by atoms with van der Waals surface area (Å²) in [7, 11) is -3.19. The second-order valence-electron chi connectivity index (χ2n) is 4.33. The summed E-state index contributed by atoms with van der Waals surface area (Å²) in [5.74, 6) is 0.128. The Morgan fingerprint density at radius 1 is 1.38 bits per heavy atom. The Balaban J connectivity index is 2.21. The summed E-state index contributed by atoms with van der Waals surface area (Å²) >= 11 is 0. The van der Waals surface area contributed by atoms with Crippen molar-refractivity contribution in [2.75, 3.05) is 31.9 Å². The number of hydrogen-bond acceptors (Lipinski definition) is 4. The van der Waals surface area contributed by atoms with Crippen molar-refractivity contribution >= 4 is 10.0 Å². The number of likely N-dealkylation sites (tertiary alicyclic amines) is 1. The Labute approximate surface area is 97.9 Å². The van der Waals surface area contributed by atoms with Gasteiger partial charge in [-0.25, -0.2) is 13.1 Å². The Morgan fingerprint density at radius 2 is 2.00 bits per heavy atom. The van der Waals surface area contributed by atoms with Crippen molar-refractivity contribution in [2.45, 2.75) is 32.3 Å². The molecule has 16 heavy (non-hydrogen) atoms. The maximum Gasteiger partial charge on any atom is 0.211 e. The quantitative estimate of drug-likeness (QED) is 0.655. The third-order valence-corrected chi connectivity index (χ3v) is 4.23. The Kier molecular flexibility index (Phi) is 5.68. The lowest BCUT2D eigenvalue weighted by Gasteiger charge is -2.19. The molecule has 0 bridgehead atoms. The van der Waals surface area contributed by atoms with Gasteiger partial charge in [0.2, 0.25) is 10.0 Å². The van der Waals surface area contributed by atoms with Gasteiger partial charge in [-0.05, 0) is 32.4 Å². The van der Waals surface area contributed by atoms with Gasteiger partial charge >= 0.3 is 0 Å². The van der Waals surface area contributed by atoms with Crippen molar-refractivity contribution in [2.24, 2.45) is 0 Å². The van der Waals surface area contributed by atoms with Crippen LogP contribution in [0.5, 0.6) is 0 Å². The molecule has 1 aliphatic heterocycles. The van der Waals surface area contributed by atoms with E-state index in [1.54, 1.807) is 0 Å². The minimum Gasteiger partial charge on any atom is -0.390 e. The average Bonchev–Trinajstić information content (AvgIpc) is 2.68. The lowest BCUT2D eigenvalue weighted by atomic mass is 10.3. The number of rotatable bonds is 7. The summed E-state index contributed by atoms with van der Waals surface area (Å²) in [6.07, 6.45) is 2.34. The number of aliphatic hydroxyl groups excluding tert-OH is 1. The van der Waals surface area contributed by atoms with Crippen molar-refractivity contribution in [3.8, 4) is 0 Å². The molecule has 0 amide bonds. The fourth-order valence-electron chi connectivity index (χ4n) is 1.89. The summed E-state index contributed by atoms with van der Waals surface area (Å²) < 4.78 is 25.1. The largest absolute Gasteiger partial charge is 0.390 e. The number of β-amino-alcohol motifs (C(OH)–C–C–N with tert-alkyl or cyclic N) is 1. The molecule has 1 heterocycles. The van der Waals surface area contributed by atoms with E-state index in [-0.39, 0.29) is 12.3 Å². The summed E-state index contributed by atoms with van der Waals surface area (Å²) in [6, 6.07) is 0. The van der Waals surface area contributed by atoms with Crippen LogP contribution >= 0.6 is 0 Å². The van der Waals surface area contributed by atoms with E-state index >= 15 is 0 Å². The van der Waals surface area contributed by atoms with Crippen LogP contribution in [-0.4, -0.2) is 56.5 Å². The van der Waals surface area contributed by atoms with Gasteiger partial charge in [0.25, 0.3) is 0 Å². The number of nitrogens with zero attached hydrogens (tertiary/aromatic N) is 1. The standard InChI is InChI=1S/C10H22N2O3S/c1-2-7-16(14,15)11-8-10(13)9-12-5-3-4-6-12/h10-11,13H,2-9H2,1H3/t10-/m1/s1. The first-order chi connectivity index (χ1) is 7.53. The van der Waals surface area contributed by atoms with Gasteiger partial charge in [-0.1, -0.05) is 6.92 Å². The molecule has 1 aliphatic rings. The van der Waals surface area contributed by atoms with Crippen molar-refractivity contribution in [3.63, 3.8) is 0 Å². The van der Waals surface area contributed by atoms with E-state index in [0.29, 0.717) is 13.0 Å².